The Morgan fingerprint density at radius 1 is 1.14 bits per heavy atom. The molecule has 29 heavy (non-hydrogen) atoms. The molecule has 152 valence electrons. The van der Waals surface area contributed by atoms with Gasteiger partial charge in [0.1, 0.15) is 17.5 Å². The van der Waals surface area contributed by atoms with Gasteiger partial charge in [0.2, 0.25) is 0 Å². The molecule has 0 N–H and O–H groups in total. The lowest BCUT2D eigenvalue weighted by atomic mass is 9.93. The summed E-state index contributed by atoms with van der Waals surface area (Å²) in [6.45, 7) is 7.07. The fourth-order valence-corrected chi connectivity index (χ4v) is 4.16. The van der Waals surface area contributed by atoms with Gasteiger partial charge in [0.25, 0.3) is 0 Å². The number of aryl methyl sites for hydroxylation is 1. The summed E-state index contributed by atoms with van der Waals surface area (Å²) in [6.07, 6.45) is 1.45. The van der Waals surface area contributed by atoms with Crippen LogP contribution in [-0.2, 0) is 12.8 Å². The molecule has 1 aliphatic heterocycles. The number of benzene rings is 2. The summed E-state index contributed by atoms with van der Waals surface area (Å²) in [6, 6.07) is 13.0. The Morgan fingerprint density at radius 2 is 1.93 bits per heavy atom. The lowest BCUT2D eigenvalue weighted by Gasteiger charge is -2.37. The predicted octanol–water partition coefficient (Wildman–Crippen LogP) is 6.02. The van der Waals surface area contributed by atoms with Crippen LogP contribution in [0.15, 0.2) is 42.5 Å². The van der Waals surface area contributed by atoms with Crippen molar-refractivity contribution in [2.75, 3.05) is 11.4 Å². The van der Waals surface area contributed by atoms with Crippen molar-refractivity contribution in [3.8, 4) is 0 Å². The van der Waals surface area contributed by atoms with E-state index in [9.17, 15) is 4.39 Å². The molecule has 0 amide bonds. The van der Waals surface area contributed by atoms with Crippen LogP contribution in [0.5, 0.6) is 0 Å². The van der Waals surface area contributed by atoms with Crippen LogP contribution in [-0.4, -0.2) is 16.5 Å². The van der Waals surface area contributed by atoms with Gasteiger partial charge in [-0.3, -0.25) is 0 Å². The zero-order valence-corrected chi connectivity index (χ0v) is 18.3. The molecule has 0 saturated carbocycles. The Balaban J connectivity index is 0.00000240. The maximum Gasteiger partial charge on any atom is 0.136 e. The van der Waals surface area contributed by atoms with Crippen molar-refractivity contribution < 1.29 is 4.39 Å². The van der Waals surface area contributed by atoms with E-state index in [1.54, 1.807) is 12.1 Å². The van der Waals surface area contributed by atoms with Crippen molar-refractivity contribution in [2.24, 2.45) is 0 Å². The van der Waals surface area contributed by atoms with E-state index in [1.807, 2.05) is 37.3 Å². The highest BCUT2D eigenvalue weighted by Gasteiger charge is 2.27. The summed E-state index contributed by atoms with van der Waals surface area (Å²) in [5.74, 6) is 1.58. The van der Waals surface area contributed by atoms with Gasteiger partial charge in [0.05, 0.1) is 6.04 Å². The normalized spacial score (nSPS) is 15.6. The van der Waals surface area contributed by atoms with Gasteiger partial charge >= 0.3 is 0 Å². The fourth-order valence-electron chi connectivity index (χ4n) is 3.95. The van der Waals surface area contributed by atoms with E-state index in [2.05, 4.69) is 18.7 Å². The van der Waals surface area contributed by atoms with Crippen LogP contribution in [0.25, 0.3) is 0 Å². The zero-order chi connectivity index (χ0) is 19.8. The smallest absolute Gasteiger partial charge is 0.136 e. The lowest BCUT2D eigenvalue weighted by Crippen LogP contribution is -2.35. The van der Waals surface area contributed by atoms with E-state index < -0.39 is 0 Å². The Kier molecular flexibility index (Phi) is 6.45. The van der Waals surface area contributed by atoms with E-state index in [0.29, 0.717) is 6.42 Å². The largest absolute Gasteiger partial charge is 0.349 e. The molecule has 0 fully saturated rings. The van der Waals surface area contributed by atoms with Crippen molar-refractivity contribution in [1.29, 1.82) is 0 Å². The van der Waals surface area contributed by atoms with E-state index in [-0.39, 0.29) is 24.3 Å². The van der Waals surface area contributed by atoms with Crippen molar-refractivity contribution in [2.45, 2.75) is 39.7 Å². The van der Waals surface area contributed by atoms with Gasteiger partial charge < -0.3 is 4.90 Å². The molecule has 3 aromatic rings. The second-order valence-corrected chi connectivity index (χ2v) is 7.88. The van der Waals surface area contributed by atoms with Gasteiger partial charge in [0, 0.05) is 29.2 Å². The van der Waals surface area contributed by atoms with Crippen molar-refractivity contribution in [3.63, 3.8) is 0 Å². The van der Waals surface area contributed by atoms with Gasteiger partial charge in [0.15, 0.2) is 0 Å². The minimum atomic E-state index is -0.169. The third-order valence-corrected chi connectivity index (χ3v) is 5.81. The Bertz CT molecular complexity index is 1040. The zero-order valence-electron chi connectivity index (χ0n) is 16.7. The summed E-state index contributed by atoms with van der Waals surface area (Å²) >= 11 is 6.12. The summed E-state index contributed by atoms with van der Waals surface area (Å²) < 4.78 is 13.6. The van der Waals surface area contributed by atoms with Crippen LogP contribution in [0.4, 0.5) is 10.2 Å². The van der Waals surface area contributed by atoms with E-state index in [1.165, 1.54) is 5.56 Å². The number of rotatable bonds is 3. The first-order valence-electron chi connectivity index (χ1n) is 9.56. The average Bonchev–Trinajstić information content (AvgIpc) is 2.65. The van der Waals surface area contributed by atoms with Crippen LogP contribution in [0.3, 0.4) is 0 Å². The van der Waals surface area contributed by atoms with E-state index >= 15 is 0 Å². The number of aromatic nitrogens is 2. The molecular weight excluding hydrogens is 408 g/mol. The monoisotopic (exact) mass is 431 g/mol. The number of anilines is 1. The molecule has 0 spiro atoms. The van der Waals surface area contributed by atoms with E-state index in [4.69, 9.17) is 21.6 Å². The molecule has 1 aliphatic rings. The molecular formula is C23H24Cl2FN3. The molecule has 0 aliphatic carbocycles. The minimum absolute atomic E-state index is 0. The van der Waals surface area contributed by atoms with Crippen LogP contribution < -0.4 is 4.90 Å². The van der Waals surface area contributed by atoms with Crippen molar-refractivity contribution in [1.82, 2.24) is 9.97 Å². The maximum absolute atomic E-state index is 13.6. The van der Waals surface area contributed by atoms with Gasteiger partial charge in [-0.25, -0.2) is 14.4 Å². The third kappa shape index (κ3) is 4.39. The standard InChI is InChI=1S/C23H23ClFN3.ClH/c1-14-15(2)26-22(12-17-5-4-6-19(24)11-17)27-23(14)28-10-9-18-13-20(25)7-8-21(18)16(28)3;/h4-8,11,13,16H,9-10,12H2,1-3H3;1H. The second kappa shape index (κ2) is 8.68. The number of fused-ring (bicyclic) bond motifs is 1. The second-order valence-electron chi connectivity index (χ2n) is 7.44. The lowest BCUT2D eigenvalue weighted by molar-refractivity contribution is 0.591. The average molecular weight is 432 g/mol. The first-order chi connectivity index (χ1) is 13.4. The molecule has 6 heteroatoms. The number of nitrogens with zero attached hydrogens (tertiary/aromatic N) is 3. The predicted molar refractivity (Wildman–Crippen MR) is 119 cm³/mol. The molecule has 1 atom stereocenters. The van der Waals surface area contributed by atoms with Crippen LogP contribution in [0, 0.1) is 19.7 Å². The first-order valence-corrected chi connectivity index (χ1v) is 9.93. The summed E-state index contributed by atoms with van der Waals surface area (Å²) in [5, 5.41) is 0.718. The van der Waals surface area contributed by atoms with Gasteiger partial charge in [-0.1, -0.05) is 29.8 Å². The third-order valence-electron chi connectivity index (χ3n) is 5.58. The molecule has 0 bridgehead atoms. The summed E-state index contributed by atoms with van der Waals surface area (Å²) in [7, 11) is 0. The Hall–Kier alpha value is -2.17. The molecule has 0 saturated heterocycles. The fraction of sp³-hybridized carbons (Fsp3) is 0.304. The van der Waals surface area contributed by atoms with Crippen LogP contribution in [0.1, 0.15) is 46.7 Å². The molecule has 0 radical (unpaired) electrons. The summed E-state index contributed by atoms with van der Waals surface area (Å²) in [5.41, 5.74) is 5.42. The quantitative estimate of drug-likeness (QED) is 0.507. The van der Waals surface area contributed by atoms with Crippen molar-refractivity contribution in [3.05, 3.63) is 87.1 Å². The van der Waals surface area contributed by atoms with Crippen molar-refractivity contribution >= 4 is 29.8 Å². The number of hydrogen-bond acceptors (Lipinski definition) is 3. The molecule has 2 aromatic carbocycles. The SMILES string of the molecule is Cc1nc(Cc2cccc(Cl)c2)nc(N2CCc3cc(F)ccc3C2C)c1C.Cl. The molecule has 1 unspecified atom stereocenters. The topological polar surface area (TPSA) is 29.0 Å². The minimum Gasteiger partial charge on any atom is -0.349 e. The highest BCUT2D eigenvalue weighted by molar-refractivity contribution is 6.30. The molecule has 3 nitrogen and oxygen atoms in total. The molecule has 2 heterocycles. The maximum atomic E-state index is 13.6. The number of hydrogen-bond donors (Lipinski definition) is 0. The molecule has 4 rings (SSSR count). The Labute approximate surface area is 182 Å². The number of halogens is 3. The first kappa shape index (κ1) is 21.5. The van der Waals surface area contributed by atoms with Gasteiger partial charge in [-0.15, -0.1) is 12.4 Å². The van der Waals surface area contributed by atoms with E-state index in [0.717, 1.165) is 52.0 Å². The van der Waals surface area contributed by atoms with Crippen LogP contribution in [0.2, 0.25) is 5.02 Å². The molecule has 1 aromatic heterocycles. The van der Waals surface area contributed by atoms with Gasteiger partial charge in [-0.2, -0.15) is 0 Å². The summed E-state index contributed by atoms with van der Waals surface area (Å²) in [4.78, 5) is 11.9. The highest BCUT2D eigenvalue weighted by Crippen LogP contribution is 2.35. The van der Waals surface area contributed by atoms with Crippen LogP contribution >= 0.6 is 24.0 Å². The Morgan fingerprint density at radius 3 is 2.69 bits per heavy atom. The highest BCUT2D eigenvalue weighted by atomic mass is 35.5. The van der Waals surface area contributed by atoms with Gasteiger partial charge in [-0.05, 0) is 68.1 Å².